The molecule has 3 heteroatoms. The summed E-state index contributed by atoms with van der Waals surface area (Å²) in [7, 11) is -2.14. The van der Waals surface area contributed by atoms with Gasteiger partial charge in [-0.2, -0.15) is 0 Å². The van der Waals surface area contributed by atoms with Gasteiger partial charge >= 0.3 is 8.56 Å². The van der Waals surface area contributed by atoms with E-state index in [9.17, 15) is 0 Å². The van der Waals surface area contributed by atoms with Crippen molar-refractivity contribution in [2.45, 2.75) is 57.4 Å². The minimum atomic E-state index is -2.14. The summed E-state index contributed by atoms with van der Waals surface area (Å²) >= 11 is 0. The van der Waals surface area contributed by atoms with Crippen LogP contribution in [0.5, 0.6) is 0 Å². The molecule has 0 N–H and O–H groups in total. The summed E-state index contributed by atoms with van der Waals surface area (Å²) in [5, 5.41) is 0. The molecule has 3 saturated carbocycles. The number of benzene rings is 1. The summed E-state index contributed by atoms with van der Waals surface area (Å²) in [6, 6.07) is 11.7. The Hall–Kier alpha value is -0.903. The SMILES string of the molecule is C=CC[Si@@]1(C)O[C@H]2C[C@H]3C[C@H](C3(C)C)[C@@]2(Cc2ccccc2)O1. The first-order chi connectivity index (χ1) is 10.9. The predicted octanol–water partition coefficient (Wildman–Crippen LogP) is 4.71. The maximum Gasteiger partial charge on any atom is 0.339 e. The third-order valence-electron chi connectivity index (χ3n) is 6.74. The van der Waals surface area contributed by atoms with Gasteiger partial charge in [0.25, 0.3) is 0 Å². The van der Waals surface area contributed by atoms with Gasteiger partial charge in [-0.1, -0.05) is 50.3 Å². The zero-order valence-electron chi connectivity index (χ0n) is 14.5. The molecule has 0 amide bonds. The minimum absolute atomic E-state index is 0.121. The van der Waals surface area contributed by atoms with Crippen molar-refractivity contribution in [1.82, 2.24) is 0 Å². The smallest absolute Gasteiger partial charge is 0.339 e. The zero-order chi connectivity index (χ0) is 16.3. The maximum atomic E-state index is 6.92. The Kier molecular flexibility index (Phi) is 3.42. The molecule has 1 aromatic carbocycles. The third kappa shape index (κ3) is 2.20. The molecule has 124 valence electrons. The standard InChI is InChI=1S/C20H28O2Si/c1-5-11-23(4)21-18-13-16-12-17(19(16,2)3)20(18,22-23)14-15-9-7-6-8-10-15/h5-10,16-18H,1,11-14H2,2-4H3/t16-,17-,18+,20-,23+/m1/s1. The molecule has 1 saturated heterocycles. The van der Waals surface area contributed by atoms with Gasteiger partial charge in [-0.15, -0.1) is 6.58 Å². The largest absolute Gasteiger partial charge is 0.388 e. The van der Waals surface area contributed by atoms with Crippen LogP contribution in [0.2, 0.25) is 12.6 Å². The zero-order valence-corrected chi connectivity index (χ0v) is 15.5. The normalized spacial score (nSPS) is 43.5. The average Bonchev–Trinajstić information content (AvgIpc) is 2.79. The van der Waals surface area contributed by atoms with Gasteiger partial charge in [-0.05, 0) is 42.2 Å². The van der Waals surface area contributed by atoms with E-state index in [0.717, 1.165) is 24.8 Å². The van der Waals surface area contributed by atoms with E-state index >= 15 is 0 Å². The fraction of sp³-hybridized carbons (Fsp3) is 0.600. The molecule has 1 aliphatic heterocycles. The van der Waals surface area contributed by atoms with Gasteiger partial charge in [0, 0.05) is 12.5 Å². The predicted molar refractivity (Wildman–Crippen MR) is 95.5 cm³/mol. The molecule has 0 radical (unpaired) electrons. The average molecular weight is 329 g/mol. The van der Waals surface area contributed by atoms with Crippen molar-refractivity contribution in [3.05, 3.63) is 48.6 Å². The highest BCUT2D eigenvalue weighted by atomic mass is 28.4. The van der Waals surface area contributed by atoms with E-state index in [1.165, 1.54) is 12.0 Å². The maximum absolute atomic E-state index is 6.92. The summed E-state index contributed by atoms with van der Waals surface area (Å²) in [4.78, 5) is 0. The van der Waals surface area contributed by atoms with Crippen LogP contribution in [-0.2, 0) is 15.3 Å². The molecule has 1 heterocycles. The second-order valence-corrected chi connectivity index (χ2v) is 11.6. The molecule has 2 bridgehead atoms. The van der Waals surface area contributed by atoms with E-state index in [2.05, 4.69) is 57.3 Å². The monoisotopic (exact) mass is 328 g/mol. The molecule has 0 aromatic heterocycles. The van der Waals surface area contributed by atoms with Crippen LogP contribution in [0.25, 0.3) is 0 Å². The second kappa shape index (κ2) is 5.04. The second-order valence-electron chi connectivity index (χ2n) is 8.49. The highest BCUT2D eigenvalue weighted by molar-refractivity contribution is 6.67. The van der Waals surface area contributed by atoms with Gasteiger partial charge in [-0.3, -0.25) is 0 Å². The molecule has 3 aliphatic carbocycles. The molecule has 0 spiro atoms. The van der Waals surface area contributed by atoms with Gasteiger partial charge in [0.1, 0.15) is 0 Å². The molecular weight excluding hydrogens is 300 g/mol. The van der Waals surface area contributed by atoms with Crippen molar-refractivity contribution >= 4 is 8.56 Å². The van der Waals surface area contributed by atoms with Gasteiger partial charge in [0.2, 0.25) is 0 Å². The number of rotatable bonds is 4. The molecule has 0 unspecified atom stereocenters. The lowest BCUT2D eigenvalue weighted by Gasteiger charge is -2.65. The van der Waals surface area contributed by atoms with Crippen molar-refractivity contribution in [3.8, 4) is 0 Å². The highest BCUT2D eigenvalue weighted by Crippen LogP contribution is 2.67. The number of hydrogen-bond donors (Lipinski definition) is 0. The van der Waals surface area contributed by atoms with Gasteiger partial charge in [0.15, 0.2) is 0 Å². The Morgan fingerprint density at radius 3 is 2.65 bits per heavy atom. The van der Waals surface area contributed by atoms with E-state index in [-0.39, 0.29) is 11.7 Å². The third-order valence-corrected chi connectivity index (χ3v) is 9.37. The van der Waals surface area contributed by atoms with Crippen molar-refractivity contribution < 1.29 is 8.85 Å². The minimum Gasteiger partial charge on any atom is -0.388 e. The van der Waals surface area contributed by atoms with E-state index in [4.69, 9.17) is 8.85 Å². The van der Waals surface area contributed by atoms with Crippen LogP contribution >= 0.6 is 0 Å². The fourth-order valence-corrected chi connectivity index (χ4v) is 8.28. The molecular formula is C20H28O2Si. The van der Waals surface area contributed by atoms with E-state index in [1.54, 1.807) is 0 Å². The highest BCUT2D eigenvalue weighted by Gasteiger charge is 2.71. The quantitative estimate of drug-likeness (QED) is 0.589. The van der Waals surface area contributed by atoms with Crippen LogP contribution in [0.1, 0.15) is 32.3 Å². The van der Waals surface area contributed by atoms with Crippen LogP contribution in [0.4, 0.5) is 0 Å². The molecule has 1 aromatic rings. The van der Waals surface area contributed by atoms with Crippen LogP contribution in [-0.4, -0.2) is 20.3 Å². The molecule has 4 aliphatic rings. The fourth-order valence-electron chi connectivity index (χ4n) is 5.48. The first-order valence-electron chi connectivity index (χ1n) is 8.92. The summed E-state index contributed by atoms with van der Waals surface area (Å²) in [6.07, 6.45) is 5.71. The van der Waals surface area contributed by atoms with E-state index < -0.39 is 8.56 Å². The Balaban J connectivity index is 1.72. The van der Waals surface area contributed by atoms with Gasteiger partial charge in [-0.25, -0.2) is 0 Å². The molecule has 5 atom stereocenters. The van der Waals surface area contributed by atoms with Gasteiger partial charge < -0.3 is 8.85 Å². The van der Waals surface area contributed by atoms with Gasteiger partial charge in [0.05, 0.1) is 11.7 Å². The summed E-state index contributed by atoms with van der Waals surface area (Å²) < 4.78 is 13.5. The Morgan fingerprint density at radius 2 is 2.00 bits per heavy atom. The molecule has 23 heavy (non-hydrogen) atoms. The summed E-state index contributed by atoms with van der Waals surface area (Å²) in [5.41, 5.74) is 1.63. The summed E-state index contributed by atoms with van der Waals surface area (Å²) in [5.74, 6) is 1.41. The van der Waals surface area contributed by atoms with E-state index in [1.807, 2.05) is 6.08 Å². The first-order valence-corrected chi connectivity index (χ1v) is 11.4. The van der Waals surface area contributed by atoms with Crippen LogP contribution in [0, 0.1) is 17.3 Å². The van der Waals surface area contributed by atoms with Crippen molar-refractivity contribution in [2.75, 3.05) is 0 Å². The van der Waals surface area contributed by atoms with Crippen LogP contribution < -0.4 is 0 Å². The topological polar surface area (TPSA) is 18.5 Å². The van der Waals surface area contributed by atoms with Crippen LogP contribution in [0.3, 0.4) is 0 Å². The molecule has 4 fully saturated rings. The number of hydrogen-bond acceptors (Lipinski definition) is 2. The summed E-state index contributed by atoms with van der Waals surface area (Å²) in [6.45, 7) is 11.0. The van der Waals surface area contributed by atoms with Crippen molar-refractivity contribution in [2.24, 2.45) is 17.3 Å². The van der Waals surface area contributed by atoms with E-state index in [0.29, 0.717) is 11.3 Å². The Morgan fingerprint density at radius 1 is 1.26 bits per heavy atom. The molecule has 5 rings (SSSR count). The lowest BCUT2D eigenvalue weighted by atomic mass is 9.42. The number of allylic oxidation sites excluding steroid dienone is 1. The van der Waals surface area contributed by atoms with Crippen LogP contribution in [0.15, 0.2) is 43.0 Å². The lowest BCUT2D eigenvalue weighted by molar-refractivity contribution is -0.207. The molecule has 2 nitrogen and oxygen atoms in total. The Labute approximate surface area is 141 Å². The van der Waals surface area contributed by atoms with Crippen molar-refractivity contribution in [1.29, 1.82) is 0 Å². The Bertz CT molecular complexity index is 613. The first kappa shape index (κ1) is 15.6. The van der Waals surface area contributed by atoms with Crippen molar-refractivity contribution in [3.63, 3.8) is 0 Å². The lowest BCUT2D eigenvalue weighted by Crippen LogP contribution is -2.67.